The van der Waals surface area contributed by atoms with Crippen LogP contribution in [-0.2, 0) is 32.6 Å². The Hall–Kier alpha value is -4.70. The van der Waals surface area contributed by atoms with Gasteiger partial charge in [0.15, 0.2) is 0 Å². The molecule has 0 heterocycles. The first-order chi connectivity index (χ1) is 22.0. The molecule has 1 atom stereocenters. The topological polar surface area (TPSA) is 96.0 Å². The number of nitrogens with one attached hydrogen (secondary N) is 1. The minimum absolute atomic E-state index is 0.0257. The smallest absolute Gasteiger partial charge is 0.264 e. The van der Waals surface area contributed by atoms with Gasteiger partial charge in [-0.3, -0.25) is 13.9 Å². The van der Waals surface area contributed by atoms with Crippen molar-refractivity contribution in [3.8, 4) is 5.75 Å². The lowest BCUT2D eigenvalue weighted by atomic mass is 10.0. The normalized spacial score (nSPS) is 12.0. The van der Waals surface area contributed by atoms with Crippen LogP contribution in [0.25, 0.3) is 0 Å². The maximum absolute atomic E-state index is 14.5. The molecule has 4 aromatic carbocycles. The molecule has 0 spiro atoms. The van der Waals surface area contributed by atoms with E-state index in [1.54, 1.807) is 36.4 Å². The van der Waals surface area contributed by atoms with E-state index in [4.69, 9.17) is 4.74 Å². The van der Waals surface area contributed by atoms with Crippen LogP contribution in [0, 0.1) is 18.7 Å². The largest absolute Gasteiger partial charge is 0.497 e. The highest BCUT2D eigenvalue weighted by Crippen LogP contribution is 2.27. The van der Waals surface area contributed by atoms with E-state index in [0.717, 1.165) is 15.4 Å². The Balaban J connectivity index is 1.79. The predicted molar refractivity (Wildman–Crippen MR) is 177 cm³/mol. The van der Waals surface area contributed by atoms with Gasteiger partial charge in [0.05, 0.1) is 17.7 Å². The number of aryl methyl sites for hydroxylation is 1. The number of hydrogen-bond acceptors (Lipinski definition) is 5. The van der Waals surface area contributed by atoms with Crippen LogP contribution in [0.15, 0.2) is 108 Å². The Morgan fingerprint density at radius 2 is 1.48 bits per heavy atom. The lowest BCUT2D eigenvalue weighted by Crippen LogP contribution is -2.53. The van der Waals surface area contributed by atoms with Gasteiger partial charge in [-0.15, -0.1) is 0 Å². The van der Waals surface area contributed by atoms with E-state index < -0.39 is 34.3 Å². The SMILES string of the molecule is COc1ccc(S(=O)(=O)N(CC(=O)N(Cc2ccc(F)cc2)C(Cc2ccccc2)C(=O)NCC(C)C)c2ccc(C)cc2)cc1. The summed E-state index contributed by atoms with van der Waals surface area (Å²) < 4.78 is 48.4. The summed E-state index contributed by atoms with van der Waals surface area (Å²) in [6, 6.07) is 26.7. The first-order valence-corrected chi connectivity index (χ1v) is 16.5. The van der Waals surface area contributed by atoms with E-state index in [2.05, 4.69) is 5.32 Å². The molecule has 0 aliphatic carbocycles. The number of nitrogens with zero attached hydrogens (tertiary/aromatic N) is 2. The van der Waals surface area contributed by atoms with Crippen molar-refractivity contribution in [3.05, 3.63) is 126 Å². The number of carbonyl (C=O) groups is 2. The second kappa shape index (κ2) is 15.5. The summed E-state index contributed by atoms with van der Waals surface area (Å²) in [6.07, 6.45) is 0.188. The summed E-state index contributed by atoms with van der Waals surface area (Å²) in [4.78, 5) is 29.6. The maximum Gasteiger partial charge on any atom is 0.264 e. The number of halogens is 1. The highest BCUT2D eigenvalue weighted by Gasteiger charge is 2.34. The summed E-state index contributed by atoms with van der Waals surface area (Å²) >= 11 is 0. The van der Waals surface area contributed by atoms with Gasteiger partial charge in [0.1, 0.15) is 24.2 Å². The van der Waals surface area contributed by atoms with Crippen LogP contribution in [0.5, 0.6) is 5.75 Å². The van der Waals surface area contributed by atoms with E-state index in [9.17, 15) is 22.4 Å². The molecule has 10 heteroatoms. The van der Waals surface area contributed by atoms with Gasteiger partial charge in [0.2, 0.25) is 11.8 Å². The third kappa shape index (κ3) is 8.94. The molecule has 0 saturated heterocycles. The standard InChI is InChI=1S/C36H40FN3O5S/c1-26(2)23-38-36(42)34(22-28-8-6-5-7-9-28)39(24-29-12-14-30(37)15-13-29)35(41)25-40(31-16-10-27(3)11-17-31)46(43,44)33-20-18-32(45-4)19-21-33/h5-21,26,34H,22-25H2,1-4H3,(H,38,42). The van der Waals surface area contributed by atoms with Crippen LogP contribution in [-0.4, -0.2) is 51.4 Å². The first-order valence-electron chi connectivity index (χ1n) is 15.1. The minimum Gasteiger partial charge on any atom is -0.497 e. The second-order valence-electron chi connectivity index (χ2n) is 11.5. The lowest BCUT2D eigenvalue weighted by molar-refractivity contribution is -0.140. The zero-order chi connectivity index (χ0) is 33.3. The molecular formula is C36H40FN3O5S. The van der Waals surface area contributed by atoms with Crippen LogP contribution in [0.4, 0.5) is 10.1 Å². The van der Waals surface area contributed by atoms with E-state index in [0.29, 0.717) is 23.5 Å². The molecule has 46 heavy (non-hydrogen) atoms. The van der Waals surface area contributed by atoms with Gasteiger partial charge in [-0.05, 0) is 72.5 Å². The molecule has 0 aromatic heterocycles. The highest BCUT2D eigenvalue weighted by atomic mass is 32.2. The van der Waals surface area contributed by atoms with Gasteiger partial charge >= 0.3 is 0 Å². The van der Waals surface area contributed by atoms with Crippen molar-refractivity contribution in [1.29, 1.82) is 0 Å². The zero-order valence-corrected chi connectivity index (χ0v) is 27.3. The third-order valence-corrected chi connectivity index (χ3v) is 9.26. The summed E-state index contributed by atoms with van der Waals surface area (Å²) in [5, 5.41) is 2.95. The molecule has 0 aliphatic heterocycles. The molecule has 242 valence electrons. The van der Waals surface area contributed by atoms with E-state index in [-0.39, 0.29) is 29.7 Å². The van der Waals surface area contributed by atoms with Gasteiger partial charge in [-0.25, -0.2) is 12.8 Å². The van der Waals surface area contributed by atoms with Crippen molar-refractivity contribution in [3.63, 3.8) is 0 Å². The average molecular weight is 646 g/mol. The zero-order valence-electron chi connectivity index (χ0n) is 26.5. The summed E-state index contributed by atoms with van der Waals surface area (Å²) in [6.45, 7) is 5.59. The van der Waals surface area contributed by atoms with Crippen LogP contribution >= 0.6 is 0 Å². The quantitative estimate of drug-likeness (QED) is 0.189. The van der Waals surface area contributed by atoms with E-state index >= 15 is 0 Å². The Labute approximate surface area is 270 Å². The number of ether oxygens (including phenoxy) is 1. The molecule has 2 amide bonds. The Morgan fingerprint density at radius 1 is 0.848 bits per heavy atom. The fourth-order valence-corrected chi connectivity index (χ4v) is 6.29. The van der Waals surface area contributed by atoms with Crippen LogP contribution in [0.2, 0.25) is 0 Å². The maximum atomic E-state index is 14.5. The fraction of sp³-hybridized carbons (Fsp3) is 0.278. The number of carbonyl (C=O) groups excluding carboxylic acids is 2. The van der Waals surface area contributed by atoms with Gasteiger partial charge in [-0.1, -0.05) is 74.0 Å². The molecule has 4 rings (SSSR count). The molecule has 0 radical (unpaired) electrons. The van der Waals surface area contributed by atoms with E-state index in [1.807, 2.05) is 51.1 Å². The van der Waals surface area contributed by atoms with Crippen LogP contribution in [0.3, 0.4) is 0 Å². The van der Waals surface area contributed by atoms with Gasteiger partial charge in [-0.2, -0.15) is 0 Å². The third-order valence-electron chi connectivity index (χ3n) is 7.47. The van der Waals surface area contributed by atoms with Gasteiger partial charge < -0.3 is 15.0 Å². The van der Waals surface area contributed by atoms with E-state index in [1.165, 1.54) is 48.4 Å². The number of sulfonamides is 1. The number of amides is 2. The van der Waals surface area contributed by atoms with Crippen molar-refractivity contribution in [2.24, 2.45) is 5.92 Å². The van der Waals surface area contributed by atoms with Crippen molar-refractivity contribution in [1.82, 2.24) is 10.2 Å². The van der Waals surface area contributed by atoms with Crippen LogP contribution < -0.4 is 14.4 Å². The predicted octanol–water partition coefficient (Wildman–Crippen LogP) is 5.75. The Morgan fingerprint density at radius 3 is 2.07 bits per heavy atom. The molecule has 8 nitrogen and oxygen atoms in total. The number of anilines is 1. The summed E-state index contributed by atoms with van der Waals surface area (Å²) in [5.74, 6) is -0.753. The molecule has 1 N–H and O–H groups in total. The number of hydrogen-bond donors (Lipinski definition) is 1. The molecular weight excluding hydrogens is 605 g/mol. The van der Waals surface area contributed by atoms with Crippen molar-refractivity contribution in [2.75, 3.05) is 24.5 Å². The van der Waals surface area contributed by atoms with Crippen molar-refractivity contribution >= 4 is 27.5 Å². The number of methoxy groups -OCH3 is 1. The molecule has 1 unspecified atom stereocenters. The highest BCUT2D eigenvalue weighted by molar-refractivity contribution is 7.92. The summed E-state index contributed by atoms with van der Waals surface area (Å²) in [7, 11) is -2.76. The van der Waals surface area contributed by atoms with Gasteiger partial charge in [0.25, 0.3) is 10.0 Å². The minimum atomic E-state index is -4.25. The molecule has 0 aliphatic rings. The first kappa shape index (κ1) is 34.2. The molecule has 0 fully saturated rings. The van der Waals surface area contributed by atoms with Crippen molar-refractivity contribution in [2.45, 2.75) is 44.7 Å². The molecule has 4 aromatic rings. The number of benzene rings is 4. The molecule has 0 bridgehead atoms. The fourth-order valence-electron chi connectivity index (χ4n) is 4.88. The molecule has 0 saturated carbocycles. The summed E-state index contributed by atoms with van der Waals surface area (Å²) in [5.41, 5.74) is 2.62. The Kier molecular flexibility index (Phi) is 11.5. The monoisotopic (exact) mass is 645 g/mol. The van der Waals surface area contributed by atoms with Crippen LogP contribution in [0.1, 0.15) is 30.5 Å². The number of rotatable bonds is 14. The average Bonchev–Trinajstić information content (AvgIpc) is 3.05. The lowest BCUT2D eigenvalue weighted by Gasteiger charge is -2.34. The van der Waals surface area contributed by atoms with Gasteiger partial charge in [0, 0.05) is 19.5 Å². The van der Waals surface area contributed by atoms with Crippen molar-refractivity contribution < 1.29 is 27.1 Å². The second-order valence-corrected chi connectivity index (χ2v) is 13.4. The Bertz CT molecular complexity index is 1700.